The minimum absolute atomic E-state index is 0.0857. The number of halogens is 1. The molecule has 2 heterocycles. The van der Waals surface area contributed by atoms with Crippen molar-refractivity contribution in [3.63, 3.8) is 0 Å². The maximum atomic E-state index is 13.8. The Morgan fingerprint density at radius 2 is 1.80 bits per heavy atom. The van der Waals surface area contributed by atoms with Gasteiger partial charge in [-0.2, -0.15) is 0 Å². The van der Waals surface area contributed by atoms with Crippen LogP contribution in [0.5, 0.6) is 0 Å². The lowest BCUT2D eigenvalue weighted by atomic mass is 9.74. The highest BCUT2D eigenvalue weighted by Crippen LogP contribution is 2.50. The second-order valence-corrected chi connectivity index (χ2v) is 10.9. The Hall–Kier alpha value is -3.75. The van der Waals surface area contributed by atoms with E-state index in [1.54, 1.807) is 50.3 Å². The Morgan fingerprint density at radius 1 is 1.12 bits per heavy atom. The first kappa shape index (κ1) is 30.2. The van der Waals surface area contributed by atoms with Gasteiger partial charge in [-0.15, -0.1) is 0 Å². The molecule has 216 valence electrons. The average molecular weight is 581 g/mol. The molecule has 0 saturated heterocycles. The van der Waals surface area contributed by atoms with Gasteiger partial charge >= 0.3 is 11.9 Å². The Balaban J connectivity index is 1.65. The highest BCUT2D eigenvalue weighted by Gasteiger charge is 2.57. The third-order valence-electron chi connectivity index (χ3n) is 7.71. The number of hydrogen-bond donors (Lipinski definition) is 0. The fourth-order valence-electron chi connectivity index (χ4n) is 4.82. The second-order valence-electron chi connectivity index (χ2n) is 10.5. The van der Waals surface area contributed by atoms with E-state index < -0.39 is 47.2 Å². The molecule has 9 heteroatoms. The zero-order valence-electron chi connectivity index (χ0n) is 23.9. The standard InChI is InChI=1S/C32H33ClO8/c1-7-17(2)13-14-21-15-22-23(16-39-21)25-24(30(36)41-32(25,5)29(35)26(22)33)27(34)18(3)19(4)40-31(37)28(38-6)20-11-9-8-10-12-20/h8-19,28H,7H2,1-6H3/b14-13+/t17-,18-,19-,28+,32-/m0/s1. The molecule has 0 saturated carbocycles. The molecule has 41 heavy (non-hydrogen) atoms. The van der Waals surface area contributed by atoms with Crippen molar-refractivity contribution in [3.05, 3.63) is 93.5 Å². The quantitative estimate of drug-likeness (QED) is 0.260. The van der Waals surface area contributed by atoms with Crippen LogP contribution in [-0.2, 0) is 38.1 Å². The molecule has 0 amide bonds. The van der Waals surface area contributed by atoms with Crippen LogP contribution in [0.25, 0.3) is 0 Å². The molecule has 0 bridgehead atoms. The van der Waals surface area contributed by atoms with Gasteiger partial charge in [-0.1, -0.05) is 75.2 Å². The summed E-state index contributed by atoms with van der Waals surface area (Å²) in [5.41, 5.74) is -0.773. The number of fused-ring (bicyclic) bond motifs is 3. The largest absolute Gasteiger partial charge is 0.464 e. The number of Topliss-reactive ketones (excluding diaryl/α,β-unsaturated/α-hetero) is 2. The summed E-state index contributed by atoms with van der Waals surface area (Å²) in [6.07, 6.45) is 5.75. The van der Waals surface area contributed by atoms with E-state index in [2.05, 4.69) is 13.8 Å². The van der Waals surface area contributed by atoms with Crippen molar-refractivity contribution in [2.75, 3.05) is 7.11 Å². The van der Waals surface area contributed by atoms with Crippen molar-refractivity contribution in [1.29, 1.82) is 0 Å². The molecule has 2 aliphatic heterocycles. The van der Waals surface area contributed by atoms with Gasteiger partial charge < -0.3 is 18.9 Å². The van der Waals surface area contributed by atoms with Gasteiger partial charge in [0.15, 0.2) is 17.5 Å². The maximum absolute atomic E-state index is 13.8. The monoisotopic (exact) mass is 580 g/mol. The van der Waals surface area contributed by atoms with Crippen LogP contribution in [0, 0.1) is 11.8 Å². The fraction of sp³-hybridized carbons (Fsp3) is 0.375. The van der Waals surface area contributed by atoms with Crippen LogP contribution in [-0.4, -0.2) is 42.3 Å². The molecule has 4 rings (SSSR count). The topological polar surface area (TPSA) is 105 Å². The first-order chi connectivity index (χ1) is 19.4. The number of methoxy groups -OCH3 is 1. The number of ether oxygens (including phenoxy) is 4. The number of carbonyl (C=O) groups excluding carboxylic acids is 4. The number of ketones is 2. The van der Waals surface area contributed by atoms with Crippen molar-refractivity contribution < 1.29 is 38.1 Å². The number of hydrogen-bond acceptors (Lipinski definition) is 8. The summed E-state index contributed by atoms with van der Waals surface area (Å²) in [4.78, 5) is 53.2. The molecule has 8 nitrogen and oxygen atoms in total. The Kier molecular flexibility index (Phi) is 8.85. The summed E-state index contributed by atoms with van der Waals surface area (Å²) in [7, 11) is 1.39. The summed E-state index contributed by atoms with van der Waals surface area (Å²) in [6.45, 7) is 8.62. The van der Waals surface area contributed by atoms with Gasteiger partial charge in [0.1, 0.15) is 17.4 Å². The lowest BCUT2D eigenvalue weighted by Gasteiger charge is -2.33. The summed E-state index contributed by atoms with van der Waals surface area (Å²) in [5.74, 6) is -3.11. The van der Waals surface area contributed by atoms with E-state index in [-0.39, 0.29) is 16.2 Å². The highest BCUT2D eigenvalue weighted by atomic mass is 35.5. The summed E-state index contributed by atoms with van der Waals surface area (Å²) < 4.78 is 22.2. The van der Waals surface area contributed by atoms with Gasteiger partial charge in [0.2, 0.25) is 5.78 Å². The van der Waals surface area contributed by atoms with Gasteiger partial charge in [-0.3, -0.25) is 9.59 Å². The van der Waals surface area contributed by atoms with Crippen LogP contribution in [0.4, 0.5) is 0 Å². The van der Waals surface area contributed by atoms with E-state index in [4.69, 9.17) is 30.5 Å². The van der Waals surface area contributed by atoms with E-state index >= 15 is 0 Å². The molecule has 1 aliphatic carbocycles. The minimum atomic E-state index is -1.80. The molecular formula is C32H33ClO8. The van der Waals surface area contributed by atoms with Crippen molar-refractivity contribution in [3.8, 4) is 0 Å². The molecule has 0 unspecified atom stereocenters. The Bertz CT molecular complexity index is 1430. The Labute approximate surface area is 244 Å². The van der Waals surface area contributed by atoms with E-state index in [0.29, 0.717) is 28.4 Å². The Morgan fingerprint density at radius 3 is 2.44 bits per heavy atom. The van der Waals surface area contributed by atoms with E-state index in [9.17, 15) is 19.2 Å². The van der Waals surface area contributed by atoms with Crippen LogP contribution < -0.4 is 0 Å². The molecule has 3 aliphatic rings. The smallest absolute Gasteiger partial charge is 0.343 e. The average Bonchev–Trinajstić information content (AvgIpc) is 3.25. The first-order valence-electron chi connectivity index (χ1n) is 13.5. The first-order valence-corrected chi connectivity index (χ1v) is 13.8. The van der Waals surface area contributed by atoms with Crippen LogP contribution in [0.15, 0.2) is 87.9 Å². The molecular weight excluding hydrogens is 548 g/mol. The summed E-state index contributed by atoms with van der Waals surface area (Å²) in [6, 6.07) is 8.81. The number of benzene rings is 1. The van der Waals surface area contributed by atoms with Gasteiger partial charge in [-0.05, 0) is 37.5 Å². The third-order valence-corrected chi connectivity index (χ3v) is 8.08. The number of rotatable bonds is 10. The van der Waals surface area contributed by atoms with Crippen molar-refractivity contribution in [1.82, 2.24) is 0 Å². The van der Waals surface area contributed by atoms with Crippen LogP contribution in [0.3, 0.4) is 0 Å². The molecule has 5 atom stereocenters. The lowest BCUT2D eigenvalue weighted by Crippen LogP contribution is -2.42. The number of esters is 2. The van der Waals surface area contributed by atoms with Crippen molar-refractivity contribution in [2.45, 2.75) is 58.8 Å². The zero-order valence-corrected chi connectivity index (χ0v) is 24.6. The maximum Gasteiger partial charge on any atom is 0.343 e. The van der Waals surface area contributed by atoms with E-state index in [1.165, 1.54) is 20.3 Å². The van der Waals surface area contributed by atoms with Crippen molar-refractivity contribution >= 4 is 35.1 Å². The molecule has 1 aromatic carbocycles. The molecule has 0 spiro atoms. The van der Waals surface area contributed by atoms with Gasteiger partial charge in [0.25, 0.3) is 0 Å². The number of carbonyl (C=O) groups is 4. The predicted molar refractivity (Wildman–Crippen MR) is 151 cm³/mol. The van der Waals surface area contributed by atoms with Crippen LogP contribution in [0.2, 0.25) is 0 Å². The number of allylic oxidation sites excluding steroid dienone is 4. The van der Waals surface area contributed by atoms with Gasteiger partial charge in [0.05, 0.1) is 17.2 Å². The molecule has 0 fully saturated rings. The predicted octanol–water partition coefficient (Wildman–Crippen LogP) is 5.60. The SMILES string of the molecule is CC[C@H](C)/C=C/C1=CC2=C(Cl)C(=O)[C@@]3(C)OC(=O)C(C(=O)[C@@H](C)[C@H](C)OC(=O)[C@H](OC)c4ccccc4)=C3C2=CO1. The van der Waals surface area contributed by atoms with Crippen molar-refractivity contribution in [2.24, 2.45) is 11.8 Å². The zero-order chi connectivity index (χ0) is 30.1. The van der Waals surface area contributed by atoms with Gasteiger partial charge in [0, 0.05) is 23.8 Å². The van der Waals surface area contributed by atoms with E-state index in [0.717, 1.165) is 6.42 Å². The highest BCUT2D eigenvalue weighted by molar-refractivity contribution is 6.46. The van der Waals surface area contributed by atoms with Crippen LogP contribution in [0.1, 0.15) is 52.7 Å². The summed E-state index contributed by atoms with van der Waals surface area (Å²) in [5, 5.41) is -0.122. The summed E-state index contributed by atoms with van der Waals surface area (Å²) >= 11 is 6.49. The fourth-order valence-corrected chi connectivity index (χ4v) is 5.16. The normalized spacial score (nSPS) is 23.1. The molecule has 1 aromatic rings. The lowest BCUT2D eigenvalue weighted by molar-refractivity contribution is -0.163. The molecule has 0 aromatic heterocycles. The van der Waals surface area contributed by atoms with E-state index in [1.807, 2.05) is 12.1 Å². The minimum Gasteiger partial charge on any atom is -0.464 e. The second kappa shape index (κ2) is 12.0. The van der Waals surface area contributed by atoms with Gasteiger partial charge in [-0.25, -0.2) is 9.59 Å². The molecule has 0 N–H and O–H groups in total. The third kappa shape index (κ3) is 5.59. The van der Waals surface area contributed by atoms with Crippen LogP contribution >= 0.6 is 11.6 Å². The molecule has 0 radical (unpaired) electrons.